The Morgan fingerprint density at radius 1 is 0.787 bits per heavy atom. The summed E-state index contributed by atoms with van der Waals surface area (Å²) < 4.78 is 32.6. The van der Waals surface area contributed by atoms with Crippen molar-refractivity contribution >= 4 is 47.8 Å². The highest BCUT2D eigenvalue weighted by molar-refractivity contribution is 8.00. The van der Waals surface area contributed by atoms with E-state index in [1.165, 1.54) is 6.92 Å². The average molecular weight is 872 g/mol. The van der Waals surface area contributed by atoms with E-state index in [0.717, 1.165) is 47.3 Å². The molecule has 61 heavy (non-hydrogen) atoms. The summed E-state index contributed by atoms with van der Waals surface area (Å²) in [5.74, 6) is -1.42. The second-order valence-corrected chi connectivity index (χ2v) is 15.7. The van der Waals surface area contributed by atoms with Gasteiger partial charge in [-0.25, -0.2) is 14.4 Å². The Bertz CT molecular complexity index is 1740. The van der Waals surface area contributed by atoms with Gasteiger partial charge in [0, 0.05) is 29.9 Å². The van der Waals surface area contributed by atoms with E-state index in [9.17, 15) is 33.9 Å². The van der Waals surface area contributed by atoms with Crippen molar-refractivity contribution in [3.63, 3.8) is 0 Å². The topological polar surface area (TPSA) is 229 Å². The number of amides is 6. The second kappa shape index (κ2) is 25.1. The van der Waals surface area contributed by atoms with Crippen LogP contribution in [0.4, 0.5) is 14.4 Å². The number of hydrogen-bond acceptors (Lipinski definition) is 13. The van der Waals surface area contributed by atoms with Gasteiger partial charge in [0.05, 0.1) is 84.4 Å². The van der Waals surface area contributed by atoms with Gasteiger partial charge in [0.1, 0.15) is 12.8 Å². The van der Waals surface area contributed by atoms with Crippen LogP contribution in [-0.2, 0) is 42.8 Å². The molecule has 2 aromatic rings. The summed E-state index contributed by atoms with van der Waals surface area (Å²) in [4.78, 5) is 75.1. The van der Waals surface area contributed by atoms with Crippen LogP contribution in [0.1, 0.15) is 62.5 Å². The molecular weight excluding hydrogens is 815 g/mol. The van der Waals surface area contributed by atoms with Crippen molar-refractivity contribution in [2.45, 2.75) is 74.9 Å². The first kappa shape index (κ1) is 47.1. The van der Waals surface area contributed by atoms with Crippen molar-refractivity contribution in [3.8, 4) is 11.1 Å². The minimum atomic E-state index is -1.59. The van der Waals surface area contributed by atoms with Gasteiger partial charge in [0.25, 0.3) is 0 Å². The van der Waals surface area contributed by atoms with Crippen LogP contribution in [0.25, 0.3) is 11.1 Å². The number of carboxylic acids is 1. The Labute approximate surface area is 359 Å². The molecule has 18 nitrogen and oxygen atoms in total. The van der Waals surface area contributed by atoms with Crippen LogP contribution in [0.5, 0.6) is 0 Å². The van der Waals surface area contributed by atoms with Crippen LogP contribution in [0.3, 0.4) is 0 Å². The van der Waals surface area contributed by atoms with Gasteiger partial charge < -0.3 is 54.8 Å². The third-order valence-electron chi connectivity index (χ3n) is 10.2. The molecule has 2 aromatic carbocycles. The van der Waals surface area contributed by atoms with Crippen molar-refractivity contribution < 1.29 is 62.3 Å². The van der Waals surface area contributed by atoms with Crippen LogP contribution >= 0.6 is 11.8 Å². The number of urea groups is 1. The van der Waals surface area contributed by atoms with Crippen molar-refractivity contribution in [1.82, 2.24) is 26.2 Å². The smallest absolute Gasteiger partial charge is 0.421 e. The number of aliphatic carboxylic acids is 1. The van der Waals surface area contributed by atoms with Crippen LogP contribution in [0.2, 0.25) is 0 Å². The molecule has 2 fully saturated rings. The number of nitrogens with one attached hydrogen (secondary N) is 4. The van der Waals surface area contributed by atoms with E-state index in [4.69, 9.17) is 28.4 Å². The van der Waals surface area contributed by atoms with E-state index >= 15 is 0 Å². The molecule has 19 heteroatoms. The Morgan fingerprint density at radius 3 is 2.03 bits per heavy atom. The summed E-state index contributed by atoms with van der Waals surface area (Å²) in [5.41, 5.74) is 3.90. The largest absolute Gasteiger partial charge is 0.481 e. The van der Waals surface area contributed by atoms with Crippen molar-refractivity contribution in [2.24, 2.45) is 0 Å². The molecule has 1 unspecified atom stereocenters. The predicted molar refractivity (Wildman–Crippen MR) is 223 cm³/mol. The Balaban J connectivity index is 0.884. The zero-order valence-electron chi connectivity index (χ0n) is 34.4. The third kappa shape index (κ3) is 14.6. The first-order valence-corrected chi connectivity index (χ1v) is 21.8. The molecule has 2 saturated heterocycles. The molecule has 334 valence electrons. The second-order valence-electron chi connectivity index (χ2n) is 14.5. The Kier molecular flexibility index (Phi) is 19.4. The summed E-state index contributed by atoms with van der Waals surface area (Å²) in [6.45, 7) is 3.81. The van der Waals surface area contributed by atoms with E-state index in [1.54, 1.807) is 0 Å². The van der Waals surface area contributed by atoms with Crippen LogP contribution in [0, 0.1) is 0 Å². The number of thioether (sulfide) groups is 1. The Hall–Kier alpha value is -4.95. The van der Waals surface area contributed by atoms with Crippen LogP contribution < -0.4 is 21.3 Å². The fraction of sp³-hybridized carbons (Fsp3) is 0.571. The summed E-state index contributed by atoms with van der Waals surface area (Å²) in [6, 6.07) is 15.8. The molecule has 6 amide bonds. The number of fused-ring (bicyclic) bond motifs is 4. The highest BCUT2D eigenvalue weighted by Gasteiger charge is 2.42. The van der Waals surface area contributed by atoms with Crippen LogP contribution in [0.15, 0.2) is 48.5 Å². The minimum absolute atomic E-state index is 0.00731. The number of carbonyl (C=O) groups is 6. The third-order valence-corrected chi connectivity index (χ3v) is 11.8. The molecule has 2 aliphatic heterocycles. The highest BCUT2D eigenvalue weighted by atomic mass is 32.2. The number of carboxylic acid groups (broad SMARTS) is 1. The SMILES string of the molecule is CCOC(=O)N(C(=O)OCC1c2ccccc2-c2ccccc21)C(CC(=O)O)NC(=O)CCOCCOCCOCCOCCNC(=O)CCCC[C@@H]1SC[C@@H]2NC(=O)N[C@@H]21. The van der Waals surface area contributed by atoms with E-state index in [1.807, 2.05) is 60.3 Å². The van der Waals surface area contributed by atoms with Crippen molar-refractivity contribution in [1.29, 1.82) is 0 Å². The maximum atomic E-state index is 13.4. The summed E-state index contributed by atoms with van der Waals surface area (Å²) in [6.07, 6.45) is -1.73. The zero-order chi connectivity index (χ0) is 43.4. The van der Waals surface area contributed by atoms with Crippen molar-refractivity contribution in [3.05, 3.63) is 59.7 Å². The number of unbranched alkanes of at least 4 members (excludes halogenated alkanes) is 1. The van der Waals surface area contributed by atoms with E-state index in [0.29, 0.717) is 56.1 Å². The molecule has 2 heterocycles. The van der Waals surface area contributed by atoms with Crippen molar-refractivity contribution in [2.75, 3.05) is 78.4 Å². The molecule has 4 atom stereocenters. The molecule has 1 aliphatic carbocycles. The molecule has 5 N–H and O–H groups in total. The molecule has 0 radical (unpaired) electrons. The maximum absolute atomic E-state index is 13.4. The van der Waals surface area contributed by atoms with Gasteiger partial charge in [-0.1, -0.05) is 55.0 Å². The Morgan fingerprint density at radius 2 is 1.39 bits per heavy atom. The number of nitrogens with zero attached hydrogens (tertiary/aromatic N) is 1. The summed E-state index contributed by atoms with van der Waals surface area (Å²) >= 11 is 1.87. The van der Waals surface area contributed by atoms with Gasteiger partial charge >= 0.3 is 24.2 Å². The molecule has 0 bridgehead atoms. The van der Waals surface area contributed by atoms with Gasteiger partial charge in [-0.3, -0.25) is 14.4 Å². The minimum Gasteiger partial charge on any atom is -0.481 e. The lowest BCUT2D eigenvalue weighted by atomic mass is 9.98. The first-order chi connectivity index (χ1) is 29.7. The van der Waals surface area contributed by atoms with Gasteiger partial charge in [-0.15, -0.1) is 0 Å². The summed E-state index contributed by atoms with van der Waals surface area (Å²) in [5, 5.41) is 21.2. The molecule has 0 spiro atoms. The summed E-state index contributed by atoms with van der Waals surface area (Å²) in [7, 11) is 0. The van der Waals surface area contributed by atoms with Gasteiger partial charge in [-0.2, -0.15) is 16.7 Å². The quantitative estimate of drug-likeness (QED) is 0.0491. The molecular formula is C42H57N5O13S. The van der Waals surface area contributed by atoms with E-state index in [-0.39, 0.29) is 69.4 Å². The number of rotatable bonds is 27. The standard InChI is InChI=1S/C42H57N5O13S/c1-2-59-41(53)47(42(54)60-26-32-30-11-5-3-9-28(30)29-10-4-6-12-31(29)32)35(25-38(50)51)45-37(49)15-17-55-19-21-57-23-24-58-22-20-56-18-16-43-36(48)14-8-7-13-34-39-33(27-61-34)44-40(52)46-39/h3-6,9-12,32-35,39H,2,7-8,13-27H2,1H3,(H,43,48)(H,45,49)(H,50,51)(H2,44,46,52)/t33-,34-,35?,39-/m0/s1. The number of ether oxygens (including phenoxy) is 6. The number of carbonyl (C=O) groups excluding carboxylic acids is 5. The lowest BCUT2D eigenvalue weighted by molar-refractivity contribution is -0.138. The van der Waals surface area contributed by atoms with E-state index in [2.05, 4.69) is 21.3 Å². The molecule has 5 rings (SSSR count). The predicted octanol–water partition coefficient (Wildman–Crippen LogP) is 3.61. The average Bonchev–Trinajstić information content (AvgIpc) is 3.90. The van der Waals surface area contributed by atoms with Gasteiger partial charge in [-0.05, 0) is 42.0 Å². The molecule has 0 aromatic heterocycles. The fourth-order valence-corrected chi connectivity index (χ4v) is 8.91. The first-order valence-electron chi connectivity index (χ1n) is 20.7. The highest BCUT2D eigenvalue weighted by Crippen LogP contribution is 2.44. The van der Waals surface area contributed by atoms with Gasteiger partial charge in [0.2, 0.25) is 11.8 Å². The van der Waals surface area contributed by atoms with Gasteiger partial charge in [0.15, 0.2) is 0 Å². The zero-order valence-corrected chi connectivity index (χ0v) is 35.3. The van der Waals surface area contributed by atoms with Crippen LogP contribution in [-0.4, -0.2) is 148 Å². The van der Waals surface area contributed by atoms with E-state index < -0.39 is 36.6 Å². The normalized spacial score (nSPS) is 17.9. The maximum Gasteiger partial charge on any atom is 0.421 e. The lowest BCUT2D eigenvalue weighted by Crippen LogP contribution is -2.55. The molecule has 0 saturated carbocycles. The number of hydrogen-bond donors (Lipinski definition) is 5. The monoisotopic (exact) mass is 871 g/mol. The lowest BCUT2D eigenvalue weighted by Gasteiger charge is -2.28. The molecule has 3 aliphatic rings. The number of imide groups is 1. The number of benzene rings is 2. The fourth-order valence-electron chi connectivity index (χ4n) is 7.37.